The molecule has 17 heavy (non-hydrogen) atoms. The van der Waals surface area contributed by atoms with Crippen molar-refractivity contribution < 1.29 is 14.2 Å². The molecule has 94 valence electrons. The molecule has 0 spiro atoms. The summed E-state index contributed by atoms with van der Waals surface area (Å²) < 4.78 is 18.3. The second-order valence-corrected chi connectivity index (χ2v) is 4.33. The summed E-state index contributed by atoms with van der Waals surface area (Å²) >= 11 is 0. The van der Waals surface area contributed by atoms with Crippen molar-refractivity contribution in [1.82, 2.24) is 5.32 Å². The predicted octanol–water partition coefficient (Wildman–Crippen LogP) is 1.63. The summed E-state index contributed by atoms with van der Waals surface area (Å²) in [6, 6.07) is 6.05. The first-order valence-electron chi connectivity index (χ1n) is 6.01. The average molecular weight is 239 g/mol. The summed E-state index contributed by atoms with van der Waals surface area (Å²) in [4.78, 5) is 0. The fraction of sp³-hybridized carbons (Fsp3) is 0.538. The Morgan fingerprint density at radius 2 is 2.18 bits per heavy atom. The second-order valence-electron chi connectivity index (χ2n) is 4.33. The fourth-order valence-electron chi connectivity index (χ4n) is 2.06. The van der Waals surface area contributed by atoms with Crippen LogP contribution in [0.25, 0.3) is 0 Å². The molecule has 0 radical (unpaired) electrons. The van der Waals surface area contributed by atoms with E-state index < -0.39 is 0 Å². The maximum Gasteiger partial charge on any atom is 0.123 e. The van der Waals surface area contributed by atoms with Gasteiger partial charge in [-0.2, -0.15) is 0 Å². The van der Waals surface area contributed by atoms with E-state index in [4.69, 9.17) is 4.74 Å². The molecule has 0 aromatic heterocycles. The van der Waals surface area contributed by atoms with Crippen molar-refractivity contribution in [2.45, 2.75) is 25.0 Å². The maximum atomic E-state index is 12.8. The highest BCUT2D eigenvalue weighted by molar-refractivity contribution is 5.20. The Bertz CT molecular complexity index is 336. The molecule has 1 aliphatic rings. The molecule has 2 unspecified atom stereocenters. The third-order valence-corrected chi connectivity index (χ3v) is 3.07. The van der Waals surface area contributed by atoms with Gasteiger partial charge in [-0.3, -0.25) is 0 Å². The Morgan fingerprint density at radius 1 is 1.41 bits per heavy atom. The van der Waals surface area contributed by atoms with E-state index >= 15 is 0 Å². The van der Waals surface area contributed by atoms with Crippen molar-refractivity contribution in [2.75, 3.05) is 19.8 Å². The number of rotatable bonds is 5. The molecule has 4 heteroatoms. The monoisotopic (exact) mass is 239 g/mol. The molecule has 3 nitrogen and oxygen atoms in total. The molecule has 0 saturated carbocycles. The van der Waals surface area contributed by atoms with Crippen molar-refractivity contribution >= 4 is 0 Å². The Balaban J connectivity index is 1.89. The molecule has 1 aliphatic heterocycles. The molecular weight excluding hydrogens is 221 g/mol. The van der Waals surface area contributed by atoms with Gasteiger partial charge < -0.3 is 15.2 Å². The first kappa shape index (κ1) is 12.5. The van der Waals surface area contributed by atoms with Crippen LogP contribution in [-0.2, 0) is 4.74 Å². The Hall–Kier alpha value is -0.970. The lowest BCUT2D eigenvalue weighted by atomic mass is 10.1. The van der Waals surface area contributed by atoms with Crippen LogP contribution in [0.4, 0.5) is 4.39 Å². The number of halogens is 1. The van der Waals surface area contributed by atoms with E-state index in [0.29, 0.717) is 0 Å². The fourth-order valence-corrected chi connectivity index (χ4v) is 2.06. The van der Waals surface area contributed by atoms with Crippen LogP contribution in [-0.4, -0.2) is 31.0 Å². The van der Waals surface area contributed by atoms with E-state index in [0.717, 1.165) is 31.6 Å². The minimum atomic E-state index is -0.260. The summed E-state index contributed by atoms with van der Waals surface area (Å²) in [6.07, 6.45) is 2.41. The van der Waals surface area contributed by atoms with E-state index in [2.05, 4.69) is 5.32 Å². The highest BCUT2D eigenvalue weighted by Gasteiger charge is 2.17. The van der Waals surface area contributed by atoms with Gasteiger partial charge in [-0.05, 0) is 30.5 Å². The normalized spacial score (nSPS) is 21.6. The van der Waals surface area contributed by atoms with E-state index in [9.17, 15) is 9.50 Å². The zero-order valence-corrected chi connectivity index (χ0v) is 9.73. The number of ether oxygens (including phenoxy) is 1. The van der Waals surface area contributed by atoms with Gasteiger partial charge in [0, 0.05) is 13.2 Å². The standard InChI is InChI=1S/C13H18FNO2/c14-11-5-3-10(4-6-11)13(9-16)15-8-12-2-1-7-17-12/h3-6,12-13,15-16H,1-2,7-9H2. The number of hydrogen-bond donors (Lipinski definition) is 2. The van der Waals surface area contributed by atoms with Crippen LogP contribution in [0.3, 0.4) is 0 Å². The highest BCUT2D eigenvalue weighted by Crippen LogP contribution is 2.15. The number of aliphatic hydroxyl groups excluding tert-OH is 1. The summed E-state index contributed by atoms with van der Waals surface area (Å²) in [5.74, 6) is -0.260. The van der Waals surface area contributed by atoms with Crippen LogP contribution in [0.5, 0.6) is 0 Å². The van der Waals surface area contributed by atoms with E-state index in [1.165, 1.54) is 12.1 Å². The third kappa shape index (κ3) is 3.49. The molecule has 0 bridgehead atoms. The Kier molecular flexibility index (Phi) is 4.48. The van der Waals surface area contributed by atoms with Crippen LogP contribution in [0.1, 0.15) is 24.4 Å². The SMILES string of the molecule is OCC(NCC1CCCO1)c1ccc(F)cc1. The number of hydrogen-bond acceptors (Lipinski definition) is 3. The highest BCUT2D eigenvalue weighted by atomic mass is 19.1. The van der Waals surface area contributed by atoms with E-state index in [-0.39, 0.29) is 24.6 Å². The van der Waals surface area contributed by atoms with Crippen LogP contribution < -0.4 is 5.32 Å². The Morgan fingerprint density at radius 3 is 2.76 bits per heavy atom. The van der Waals surface area contributed by atoms with Gasteiger partial charge in [0.1, 0.15) is 5.82 Å². The molecule has 2 N–H and O–H groups in total. The average Bonchev–Trinajstić information content (AvgIpc) is 2.85. The molecule has 1 aromatic carbocycles. The zero-order chi connectivity index (χ0) is 12.1. The van der Waals surface area contributed by atoms with Crippen molar-refractivity contribution in [2.24, 2.45) is 0 Å². The van der Waals surface area contributed by atoms with Gasteiger partial charge in [-0.1, -0.05) is 12.1 Å². The van der Waals surface area contributed by atoms with Crippen molar-refractivity contribution in [3.8, 4) is 0 Å². The van der Waals surface area contributed by atoms with E-state index in [1.807, 2.05) is 0 Å². The molecule has 1 fully saturated rings. The van der Waals surface area contributed by atoms with Crippen molar-refractivity contribution in [3.63, 3.8) is 0 Å². The Labute approximate surface area is 101 Å². The summed E-state index contributed by atoms with van der Waals surface area (Å²) in [7, 11) is 0. The minimum Gasteiger partial charge on any atom is -0.394 e. The lowest BCUT2D eigenvalue weighted by Crippen LogP contribution is -2.31. The summed E-state index contributed by atoms with van der Waals surface area (Å²) in [6.45, 7) is 1.55. The van der Waals surface area contributed by atoms with Gasteiger partial charge in [0.25, 0.3) is 0 Å². The lowest BCUT2D eigenvalue weighted by Gasteiger charge is -2.19. The van der Waals surface area contributed by atoms with Gasteiger partial charge >= 0.3 is 0 Å². The van der Waals surface area contributed by atoms with Gasteiger partial charge in [0.2, 0.25) is 0 Å². The van der Waals surface area contributed by atoms with Gasteiger partial charge in [-0.25, -0.2) is 4.39 Å². The molecule has 1 saturated heterocycles. The molecule has 0 amide bonds. The van der Waals surface area contributed by atoms with Crippen molar-refractivity contribution in [1.29, 1.82) is 0 Å². The first-order chi connectivity index (χ1) is 8.29. The molecular formula is C13H18FNO2. The molecule has 2 rings (SSSR count). The van der Waals surface area contributed by atoms with Crippen LogP contribution in [0.2, 0.25) is 0 Å². The molecule has 2 atom stereocenters. The van der Waals surface area contributed by atoms with E-state index in [1.54, 1.807) is 12.1 Å². The van der Waals surface area contributed by atoms with Crippen LogP contribution >= 0.6 is 0 Å². The smallest absolute Gasteiger partial charge is 0.123 e. The molecule has 1 heterocycles. The minimum absolute atomic E-state index is 0.00163. The van der Waals surface area contributed by atoms with Crippen LogP contribution in [0.15, 0.2) is 24.3 Å². The molecule has 1 aromatic rings. The number of benzene rings is 1. The third-order valence-electron chi connectivity index (χ3n) is 3.07. The van der Waals surface area contributed by atoms with Crippen LogP contribution in [0, 0.1) is 5.82 Å². The lowest BCUT2D eigenvalue weighted by molar-refractivity contribution is 0.104. The maximum absolute atomic E-state index is 12.8. The van der Waals surface area contributed by atoms with Gasteiger partial charge in [-0.15, -0.1) is 0 Å². The first-order valence-corrected chi connectivity index (χ1v) is 6.01. The topological polar surface area (TPSA) is 41.5 Å². The second kappa shape index (κ2) is 6.10. The molecule has 0 aliphatic carbocycles. The number of aliphatic hydroxyl groups is 1. The number of nitrogens with one attached hydrogen (secondary N) is 1. The zero-order valence-electron chi connectivity index (χ0n) is 9.73. The largest absolute Gasteiger partial charge is 0.394 e. The van der Waals surface area contributed by atoms with Crippen molar-refractivity contribution in [3.05, 3.63) is 35.6 Å². The van der Waals surface area contributed by atoms with Gasteiger partial charge in [0.15, 0.2) is 0 Å². The predicted molar refractivity (Wildman–Crippen MR) is 63.2 cm³/mol. The van der Waals surface area contributed by atoms with Gasteiger partial charge in [0.05, 0.1) is 18.8 Å². The quantitative estimate of drug-likeness (QED) is 0.820. The summed E-state index contributed by atoms with van der Waals surface area (Å²) in [5.41, 5.74) is 0.895. The summed E-state index contributed by atoms with van der Waals surface area (Å²) in [5, 5.41) is 12.6.